The molecule has 0 aliphatic carbocycles. The zero-order valence-corrected chi connectivity index (χ0v) is 13.2. The van der Waals surface area contributed by atoms with E-state index in [0.717, 1.165) is 5.69 Å². The van der Waals surface area contributed by atoms with E-state index in [1.165, 1.54) is 28.0 Å². The van der Waals surface area contributed by atoms with Gasteiger partial charge in [0, 0.05) is 16.5 Å². The van der Waals surface area contributed by atoms with E-state index in [4.69, 9.17) is 5.11 Å². The van der Waals surface area contributed by atoms with Crippen LogP contribution in [0.25, 0.3) is 0 Å². The van der Waals surface area contributed by atoms with Gasteiger partial charge >= 0.3 is 12.0 Å². The lowest BCUT2D eigenvalue weighted by molar-refractivity contribution is -0.140. The molecular weight excluding hydrogens is 298 g/mol. The maximum absolute atomic E-state index is 12.1. The number of thioether (sulfide) groups is 1. The normalized spacial score (nSPS) is 19.1. The van der Waals surface area contributed by atoms with E-state index in [9.17, 15) is 9.59 Å². The SMILES string of the molecule is CC(C)(C)c1csc(NC(=O)N2CSC[C@H]2C(=O)O)n1. The number of urea groups is 1. The van der Waals surface area contributed by atoms with Gasteiger partial charge in [-0.2, -0.15) is 0 Å². The third kappa shape index (κ3) is 3.24. The number of rotatable bonds is 2. The lowest BCUT2D eigenvalue weighted by Gasteiger charge is -2.20. The molecule has 2 N–H and O–H groups in total. The highest BCUT2D eigenvalue weighted by Gasteiger charge is 2.35. The summed E-state index contributed by atoms with van der Waals surface area (Å²) in [6, 6.07) is -1.17. The van der Waals surface area contributed by atoms with Crippen molar-refractivity contribution in [3.05, 3.63) is 11.1 Å². The predicted molar refractivity (Wildman–Crippen MR) is 80.4 cm³/mol. The summed E-state index contributed by atoms with van der Waals surface area (Å²) in [6.45, 7) is 6.14. The van der Waals surface area contributed by atoms with Gasteiger partial charge in [-0.05, 0) is 0 Å². The van der Waals surface area contributed by atoms with Crippen LogP contribution in [0.1, 0.15) is 26.5 Å². The Morgan fingerprint density at radius 3 is 2.75 bits per heavy atom. The molecule has 0 radical (unpaired) electrons. The predicted octanol–water partition coefficient (Wildman–Crippen LogP) is 2.43. The van der Waals surface area contributed by atoms with Crippen LogP contribution in [-0.2, 0) is 10.2 Å². The molecule has 1 saturated heterocycles. The first-order chi connectivity index (χ1) is 9.29. The van der Waals surface area contributed by atoms with Gasteiger partial charge in [0.25, 0.3) is 0 Å². The maximum atomic E-state index is 12.1. The average molecular weight is 315 g/mol. The Kier molecular flexibility index (Phi) is 4.24. The molecule has 2 rings (SSSR count). The molecule has 2 heterocycles. The van der Waals surface area contributed by atoms with Gasteiger partial charge in [0.05, 0.1) is 11.6 Å². The molecule has 1 fully saturated rings. The van der Waals surface area contributed by atoms with Crippen molar-refractivity contribution in [1.82, 2.24) is 9.88 Å². The molecule has 1 aliphatic rings. The maximum Gasteiger partial charge on any atom is 0.327 e. The number of nitrogens with one attached hydrogen (secondary N) is 1. The van der Waals surface area contributed by atoms with E-state index in [1.54, 1.807) is 0 Å². The highest BCUT2D eigenvalue weighted by molar-refractivity contribution is 7.99. The molecule has 0 spiro atoms. The molecule has 8 heteroatoms. The van der Waals surface area contributed by atoms with Gasteiger partial charge in [0.15, 0.2) is 5.13 Å². The minimum atomic E-state index is -0.973. The number of carbonyl (C=O) groups is 2. The summed E-state index contributed by atoms with van der Waals surface area (Å²) in [7, 11) is 0. The van der Waals surface area contributed by atoms with Crippen molar-refractivity contribution in [2.45, 2.75) is 32.2 Å². The Hall–Kier alpha value is -1.28. The van der Waals surface area contributed by atoms with Gasteiger partial charge in [-0.1, -0.05) is 20.8 Å². The number of thiazole rings is 1. The van der Waals surface area contributed by atoms with Crippen molar-refractivity contribution in [2.75, 3.05) is 16.9 Å². The second-order valence-corrected chi connectivity index (χ2v) is 7.40. The van der Waals surface area contributed by atoms with E-state index in [1.807, 2.05) is 26.2 Å². The first kappa shape index (κ1) is 15.1. The Labute approximate surface area is 125 Å². The third-order valence-corrected chi connectivity index (χ3v) is 4.68. The Morgan fingerprint density at radius 1 is 1.50 bits per heavy atom. The third-order valence-electron chi connectivity index (χ3n) is 2.91. The van der Waals surface area contributed by atoms with Crippen LogP contribution in [-0.4, -0.2) is 44.7 Å². The summed E-state index contributed by atoms with van der Waals surface area (Å²) < 4.78 is 0. The van der Waals surface area contributed by atoms with Crippen LogP contribution in [0.3, 0.4) is 0 Å². The fourth-order valence-corrected chi connectivity index (χ4v) is 3.76. The Balaban J connectivity index is 2.05. The number of amides is 2. The molecule has 0 aromatic carbocycles. The van der Waals surface area contributed by atoms with E-state index in [2.05, 4.69) is 10.3 Å². The minimum absolute atomic E-state index is 0.0768. The van der Waals surface area contributed by atoms with E-state index in [0.29, 0.717) is 16.8 Å². The molecule has 6 nitrogen and oxygen atoms in total. The lowest BCUT2D eigenvalue weighted by Crippen LogP contribution is -2.43. The van der Waals surface area contributed by atoms with Crippen molar-refractivity contribution < 1.29 is 14.7 Å². The van der Waals surface area contributed by atoms with Gasteiger partial charge in [0.1, 0.15) is 6.04 Å². The van der Waals surface area contributed by atoms with Crippen LogP contribution in [0.4, 0.5) is 9.93 Å². The fraction of sp³-hybridized carbons (Fsp3) is 0.583. The standard InChI is InChI=1S/C12H17N3O3S2/c1-12(2,3)8-5-20-10(13-8)14-11(18)15-6-19-4-7(15)9(16)17/h5,7H,4,6H2,1-3H3,(H,16,17)(H,13,14,18)/t7-/m0/s1. The number of nitrogens with zero attached hydrogens (tertiary/aromatic N) is 2. The monoisotopic (exact) mass is 315 g/mol. The van der Waals surface area contributed by atoms with Gasteiger partial charge < -0.3 is 10.0 Å². The lowest BCUT2D eigenvalue weighted by atomic mass is 9.93. The first-order valence-corrected chi connectivity index (χ1v) is 8.16. The van der Waals surface area contributed by atoms with Gasteiger partial charge in [-0.15, -0.1) is 23.1 Å². The molecule has 110 valence electrons. The van der Waals surface area contributed by atoms with Crippen molar-refractivity contribution in [3.63, 3.8) is 0 Å². The summed E-state index contributed by atoms with van der Waals surface area (Å²) in [5.74, 6) is -0.159. The molecule has 20 heavy (non-hydrogen) atoms. The van der Waals surface area contributed by atoms with E-state index in [-0.39, 0.29) is 5.41 Å². The molecule has 2 amide bonds. The van der Waals surface area contributed by atoms with Crippen LogP contribution in [0.5, 0.6) is 0 Å². The molecule has 1 aromatic rings. The van der Waals surface area contributed by atoms with Crippen LogP contribution in [0, 0.1) is 0 Å². The molecular formula is C12H17N3O3S2. The van der Waals surface area contributed by atoms with E-state index >= 15 is 0 Å². The quantitative estimate of drug-likeness (QED) is 0.876. The number of hydrogen-bond donors (Lipinski definition) is 2. The minimum Gasteiger partial charge on any atom is -0.480 e. The van der Waals surface area contributed by atoms with Gasteiger partial charge in [-0.25, -0.2) is 14.6 Å². The number of carboxylic acid groups (broad SMARTS) is 1. The number of aliphatic carboxylic acids is 1. The zero-order valence-electron chi connectivity index (χ0n) is 11.5. The van der Waals surface area contributed by atoms with Crippen molar-refractivity contribution in [3.8, 4) is 0 Å². The van der Waals surface area contributed by atoms with Gasteiger partial charge in [0.2, 0.25) is 0 Å². The molecule has 1 aromatic heterocycles. The highest BCUT2D eigenvalue weighted by atomic mass is 32.2. The summed E-state index contributed by atoms with van der Waals surface area (Å²) in [5, 5.41) is 14.1. The summed E-state index contributed by atoms with van der Waals surface area (Å²) in [6.07, 6.45) is 0. The fourth-order valence-electron chi connectivity index (χ4n) is 1.69. The number of carbonyl (C=O) groups excluding carboxylic acids is 1. The zero-order chi connectivity index (χ0) is 14.9. The van der Waals surface area contributed by atoms with Crippen LogP contribution < -0.4 is 5.32 Å². The first-order valence-electron chi connectivity index (χ1n) is 6.13. The van der Waals surface area contributed by atoms with Crippen molar-refractivity contribution in [2.24, 2.45) is 0 Å². The number of aromatic nitrogens is 1. The van der Waals surface area contributed by atoms with Crippen molar-refractivity contribution in [1.29, 1.82) is 0 Å². The van der Waals surface area contributed by atoms with Crippen LogP contribution in [0.15, 0.2) is 5.38 Å². The van der Waals surface area contributed by atoms with Crippen LogP contribution in [0.2, 0.25) is 0 Å². The molecule has 0 bridgehead atoms. The Bertz CT molecular complexity index is 524. The molecule has 0 saturated carbocycles. The van der Waals surface area contributed by atoms with Crippen LogP contribution >= 0.6 is 23.1 Å². The summed E-state index contributed by atoms with van der Waals surface area (Å²) in [4.78, 5) is 28.8. The number of hydrogen-bond acceptors (Lipinski definition) is 5. The van der Waals surface area contributed by atoms with Gasteiger partial charge in [-0.3, -0.25) is 5.32 Å². The Morgan fingerprint density at radius 2 is 2.20 bits per heavy atom. The second kappa shape index (κ2) is 5.61. The van der Waals surface area contributed by atoms with E-state index < -0.39 is 18.0 Å². The average Bonchev–Trinajstić information content (AvgIpc) is 2.95. The molecule has 1 aliphatic heterocycles. The summed E-state index contributed by atoms with van der Waals surface area (Å²) >= 11 is 2.78. The largest absolute Gasteiger partial charge is 0.480 e. The molecule has 0 unspecified atom stereocenters. The summed E-state index contributed by atoms with van der Waals surface area (Å²) in [5.41, 5.74) is 0.829. The molecule has 1 atom stereocenters. The number of carboxylic acids is 1. The number of anilines is 1. The van der Waals surface area contributed by atoms with Crippen molar-refractivity contribution >= 4 is 40.2 Å². The topological polar surface area (TPSA) is 82.5 Å². The second-order valence-electron chi connectivity index (χ2n) is 5.54. The highest BCUT2D eigenvalue weighted by Crippen LogP contribution is 2.27. The smallest absolute Gasteiger partial charge is 0.327 e.